The van der Waals surface area contributed by atoms with Crippen LogP contribution in [0, 0.1) is 0 Å². The van der Waals surface area contributed by atoms with Gasteiger partial charge < -0.3 is 8.56 Å². The molecular weight excluding hydrogens is 153 g/mol. The topological polar surface area (TPSA) is 0 Å². The van der Waals surface area contributed by atoms with Crippen LogP contribution in [-0.4, -0.2) is 78.2 Å². The van der Waals surface area contributed by atoms with Gasteiger partial charge in [0, 0.05) is 0 Å². The average molecular weight is 163 g/mol. The third-order valence-electron chi connectivity index (χ3n) is 0. The van der Waals surface area contributed by atoms with Crippen molar-refractivity contribution >= 4 is 78.2 Å². The van der Waals surface area contributed by atoms with Gasteiger partial charge in [0.15, 0.2) is 17.4 Å². The summed E-state index contributed by atoms with van der Waals surface area (Å²) >= 11 is 0. The molecule has 0 spiro atoms. The molecule has 0 amide bonds. The maximum Gasteiger partial charge on any atom is 2.00 e. The summed E-state index contributed by atoms with van der Waals surface area (Å²) in [5.41, 5.74) is 0. The molecule has 0 atom stereocenters. The van der Waals surface area contributed by atoms with Gasteiger partial charge in [0.25, 0.3) is 0 Å². The van der Waals surface area contributed by atoms with Gasteiger partial charge in [-0.05, 0) is 0 Å². The van der Waals surface area contributed by atoms with Gasteiger partial charge in [-0.25, -0.2) is 0 Å². The van der Waals surface area contributed by atoms with Crippen molar-refractivity contribution in [3.8, 4) is 0 Å². The second kappa shape index (κ2) is 22.9. The molecule has 0 unspecified atom stereocenters. The van der Waals surface area contributed by atoms with Crippen LogP contribution in [0.4, 0.5) is 0 Å². The van der Waals surface area contributed by atoms with Crippen LogP contribution < -0.4 is 80.9 Å². The number of hydrogen-bond acceptors (Lipinski definition) is 0. The second-order valence-electron chi connectivity index (χ2n) is 0. The van der Waals surface area contributed by atoms with Crippen LogP contribution in [0.1, 0.15) is 8.56 Å². The zero-order valence-corrected chi connectivity index (χ0v) is 12.2. The van der Waals surface area contributed by atoms with Gasteiger partial charge in [0.1, 0.15) is 0 Å². The minimum absolute atomic E-state index is 0. The molecule has 0 rings (SSSR count). The quantitative estimate of drug-likeness (QED) is 0.311. The van der Waals surface area contributed by atoms with Crippen LogP contribution in [0.3, 0.4) is 0 Å². The summed E-state index contributed by atoms with van der Waals surface area (Å²) in [6.07, 6.45) is 0. The van der Waals surface area contributed by atoms with Gasteiger partial charge in [-0.1, -0.05) is 0 Å². The van der Waals surface area contributed by atoms with Gasteiger partial charge in [0.2, 0.25) is 0 Å². The fourth-order valence-electron chi connectivity index (χ4n) is 0. The summed E-state index contributed by atoms with van der Waals surface area (Å²) in [6.45, 7) is 0. The van der Waals surface area contributed by atoms with Crippen molar-refractivity contribution in [2.45, 2.75) is 0 Å². The minimum Gasteiger partial charge on any atom is -1.00 e. The van der Waals surface area contributed by atoms with Gasteiger partial charge in [-0.15, -0.1) is 0 Å². The van der Waals surface area contributed by atoms with E-state index in [9.17, 15) is 0 Å². The van der Waals surface area contributed by atoms with Crippen LogP contribution in [0.15, 0.2) is 0 Å². The normalized spacial score (nSPS) is 0. The molecule has 0 bridgehead atoms. The van der Waals surface area contributed by atoms with Gasteiger partial charge >= 0.3 is 142 Å². The molecule has 0 aromatic rings. The van der Waals surface area contributed by atoms with E-state index in [0.29, 0.717) is 0 Å². The molecule has 0 aliphatic rings. The van der Waals surface area contributed by atoms with E-state index in [1.54, 1.807) is 0 Å². The number of hydrogen-bond donors (Lipinski definition) is 0. The molecule has 18 valence electrons. The summed E-state index contributed by atoms with van der Waals surface area (Å²) in [7, 11) is 0. The van der Waals surface area contributed by atoms with Crippen molar-refractivity contribution in [2.24, 2.45) is 0 Å². The van der Waals surface area contributed by atoms with Crippen LogP contribution in [0.25, 0.3) is 0 Å². The summed E-state index contributed by atoms with van der Waals surface area (Å²) < 4.78 is 0. The Kier molecular flexibility index (Phi) is 146. The predicted octanol–water partition coefficient (Wildman–Crippen LogP) is -7.26. The summed E-state index contributed by atoms with van der Waals surface area (Å²) in [5, 5.41) is 0. The Morgan fingerprint density at radius 1 is 1.20 bits per heavy atom. The Balaban J connectivity index is 0. The zero-order chi connectivity index (χ0) is 0. The fourth-order valence-corrected chi connectivity index (χ4v) is 0. The molecule has 0 aromatic carbocycles. The maximum absolute atomic E-state index is 0. The zero-order valence-electron chi connectivity index (χ0n) is 9.41. The molecule has 5 heavy (non-hydrogen) atoms. The molecular formula is H9AlCaKMgNa. The number of rotatable bonds is 0. The van der Waals surface area contributed by atoms with E-state index < -0.39 is 0 Å². The van der Waals surface area contributed by atoms with Crippen molar-refractivity contribution in [3.63, 3.8) is 0 Å². The van der Waals surface area contributed by atoms with Crippen molar-refractivity contribution in [1.82, 2.24) is 0 Å². The van der Waals surface area contributed by atoms with Gasteiger partial charge in [-0.2, -0.15) is 0 Å². The van der Waals surface area contributed by atoms with Gasteiger partial charge in [-0.3, -0.25) is 0 Å². The third kappa shape index (κ3) is 17.6. The molecule has 0 aliphatic heterocycles. The molecule has 0 fully saturated rings. The van der Waals surface area contributed by atoms with Crippen LogP contribution in [0.2, 0.25) is 0 Å². The molecule has 0 aromatic heterocycles. The van der Waals surface area contributed by atoms with Crippen molar-refractivity contribution < 1.29 is 89.5 Å². The smallest absolute Gasteiger partial charge is 1.00 e. The van der Waals surface area contributed by atoms with Crippen LogP contribution in [0.5, 0.6) is 0 Å². The summed E-state index contributed by atoms with van der Waals surface area (Å²) in [5.74, 6) is 0. The van der Waals surface area contributed by atoms with Crippen LogP contribution in [-0.2, 0) is 0 Å². The first kappa shape index (κ1) is 31.9. The molecule has 0 nitrogen and oxygen atoms in total. The molecule has 5 heteroatoms. The van der Waals surface area contributed by atoms with E-state index in [4.69, 9.17) is 0 Å². The van der Waals surface area contributed by atoms with Crippen molar-refractivity contribution in [3.05, 3.63) is 0 Å². The Morgan fingerprint density at radius 3 is 1.20 bits per heavy atom. The molecule has 0 N–H and O–H groups in total. The Hall–Kier alpha value is 5.19. The van der Waals surface area contributed by atoms with E-state index in [2.05, 4.69) is 0 Å². The van der Waals surface area contributed by atoms with Crippen molar-refractivity contribution in [2.75, 3.05) is 0 Å². The second-order valence-corrected chi connectivity index (χ2v) is 0. The minimum atomic E-state index is 0. The monoisotopic (exact) mass is 162 g/mol. The van der Waals surface area contributed by atoms with E-state index in [1.165, 1.54) is 0 Å². The standard InChI is InChI=1S/Al.Ca.K.Mg.Na.9H/q;+2;+1;+2;+1;;;;6*-1. The Bertz CT molecular complexity index is 22.5. The SMILES string of the molecule is [AlH3].[Ca+2].[H-].[H-].[H-].[H-].[H-].[H-].[K+].[Mg+2].[Na+]. The van der Waals surface area contributed by atoms with E-state index in [0.717, 1.165) is 0 Å². The molecule has 0 saturated carbocycles. The first-order valence-electron chi connectivity index (χ1n) is 0. The predicted molar refractivity (Wildman–Crippen MR) is 28.1 cm³/mol. The fraction of sp³-hybridized carbons (Fsp3) is 0. The third-order valence-corrected chi connectivity index (χ3v) is 0. The maximum atomic E-state index is 0. The Morgan fingerprint density at radius 2 is 1.20 bits per heavy atom. The van der Waals surface area contributed by atoms with E-state index in [1.807, 2.05) is 0 Å². The van der Waals surface area contributed by atoms with E-state index in [-0.39, 0.29) is 168 Å². The first-order valence-corrected chi connectivity index (χ1v) is 0. The molecule has 0 saturated heterocycles. The largest absolute Gasteiger partial charge is 2.00 e. The van der Waals surface area contributed by atoms with E-state index >= 15 is 0 Å². The Labute approximate surface area is 163 Å². The summed E-state index contributed by atoms with van der Waals surface area (Å²) in [6, 6.07) is 0. The molecule has 0 radical (unpaired) electrons. The molecule has 0 heterocycles. The van der Waals surface area contributed by atoms with Crippen molar-refractivity contribution in [1.29, 1.82) is 0 Å². The average Bonchev–Trinajstić information content (AvgIpc) is 0. The summed E-state index contributed by atoms with van der Waals surface area (Å²) in [4.78, 5) is 0. The first-order chi connectivity index (χ1) is 0. The van der Waals surface area contributed by atoms with Gasteiger partial charge in [0.05, 0.1) is 0 Å². The van der Waals surface area contributed by atoms with Crippen LogP contribution >= 0.6 is 0 Å². The molecule has 0 aliphatic carbocycles.